The lowest BCUT2D eigenvalue weighted by Gasteiger charge is -2.28. The van der Waals surface area contributed by atoms with E-state index in [4.69, 9.17) is 0 Å². The fourth-order valence-corrected chi connectivity index (χ4v) is 3.16. The van der Waals surface area contributed by atoms with Crippen LogP contribution in [0.1, 0.15) is 67.3 Å². The van der Waals surface area contributed by atoms with Crippen molar-refractivity contribution < 1.29 is 0 Å². The van der Waals surface area contributed by atoms with Gasteiger partial charge in [-0.1, -0.05) is 31.4 Å². The summed E-state index contributed by atoms with van der Waals surface area (Å²) in [7, 11) is 0. The highest BCUT2D eigenvalue weighted by Crippen LogP contribution is 2.25. The van der Waals surface area contributed by atoms with Gasteiger partial charge in [-0.15, -0.1) is 0 Å². The normalized spacial score (nSPS) is 18.9. The lowest BCUT2D eigenvalue weighted by atomic mass is 9.92. The van der Waals surface area contributed by atoms with E-state index in [0.717, 1.165) is 6.04 Å². The summed E-state index contributed by atoms with van der Waals surface area (Å²) in [5.74, 6) is 0. The average molecular weight is 245 g/mol. The van der Waals surface area contributed by atoms with E-state index in [-0.39, 0.29) is 0 Å². The molecule has 1 atom stereocenters. The second-order valence-corrected chi connectivity index (χ2v) is 6.02. The Labute approximate surface area is 112 Å². The fraction of sp³-hybridized carbons (Fsp3) is 0.647. The Balaban J connectivity index is 2.08. The second-order valence-electron chi connectivity index (χ2n) is 6.02. The first-order valence-electron chi connectivity index (χ1n) is 7.41. The van der Waals surface area contributed by atoms with Crippen molar-refractivity contribution in [3.05, 3.63) is 34.4 Å². The molecule has 1 nitrogen and oxygen atoms in total. The summed E-state index contributed by atoms with van der Waals surface area (Å²) in [6.45, 7) is 8.96. The molecule has 1 heteroatoms. The Morgan fingerprint density at radius 1 is 0.944 bits per heavy atom. The quantitative estimate of drug-likeness (QED) is 0.821. The molecule has 0 heterocycles. The van der Waals surface area contributed by atoms with Crippen molar-refractivity contribution in [2.24, 2.45) is 0 Å². The van der Waals surface area contributed by atoms with Gasteiger partial charge in [-0.3, -0.25) is 0 Å². The highest BCUT2D eigenvalue weighted by Gasteiger charge is 2.17. The molecule has 1 unspecified atom stereocenters. The number of aryl methyl sites for hydroxylation is 3. The van der Waals surface area contributed by atoms with Gasteiger partial charge in [0.25, 0.3) is 0 Å². The lowest BCUT2D eigenvalue weighted by molar-refractivity contribution is 0.346. The number of hydrogen-bond donors (Lipinski definition) is 1. The maximum absolute atomic E-state index is 3.82. The van der Waals surface area contributed by atoms with Gasteiger partial charge in [-0.2, -0.15) is 0 Å². The standard InChI is InChI=1S/C17H27N/c1-12-10-14(3)17(11-13(12)2)15(4)18-16-8-6-5-7-9-16/h10-11,15-16,18H,5-9H2,1-4H3. The molecule has 100 valence electrons. The van der Waals surface area contributed by atoms with Crippen molar-refractivity contribution in [2.45, 2.75) is 71.9 Å². The summed E-state index contributed by atoms with van der Waals surface area (Å²) in [6.07, 6.45) is 6.93. The maximum Gasteiger partial charge on any atom is 0.0297 e. The third kappa shape index (κ3) is 3.14. The topological polar surface area (TPSA) is 12.0 Å². The highest BCUT2D eigenvalue weighted by atomic mass is 14.9. The summed E-state index contributed by atoms with van der Waals surface area (Å²) in [5.41, 5.74) is 5.71. The second kappa shape index (κ2) is 5.88. The molecule has 0 amide bonds. The predicted molar refractivity (Wildman–Crippen MR) is 79.1 cm³/mol. The molecule has 1 saturated carbocycles. The molecule has 0 aromatic heterocycles. The van der Waals surface area contributed by atoms with Crippen LogP contribution >= 0.6 is 0 Å². The van der Waals surface area contributed by atoms with Crippen LogP contribution in [-0.4, -0.2) is 6.04 Å². The molecule has 1 N–H and O–H groups in total. The van der Waals surface area contributed by atoms with E-state index in [1.54, 1.807) is 0 Å². The molecule has 0 aliphatic heterocycles. The predicted octanol–water partition coefficient (Wildman–Crippen LogP) is 4.60. The van der Waals surface area contributed by atoms with Gasteiger partial charge in [-0.05, 0) is 62.8 Å². The Morgan fingerprint density at radius 2 is 1.56 bits per heavy atom. The minimum Gasteiger partial charge on any atom is -0.307 e. The molecule has 1 aliphatic rings. The van der Waals surface area contributed by atoms with E-state index in [1.807, 2.05) is 0 Å². The zero-order valence-electron chi connectivity index (χ0n) is 12.3. The van der Waals surface area contributed by atoms with E-state index in [0.29, 0.717) is 6.04 Å². The molecule has 1 aromatic rings. The molecular weight excluding hydrogens is 218 g/mol. The summed E-state index contributed by atoms with van der Waals surface area (Å²) in [4.78, 5) is 0. The van der Waals surface area contributed by atoms with Crippen LogP contribution < -0.4 is 5.32 Å². The molecule has 18 heavy (non-hydrogen) atoms. The van der Waals surface area contributed by atoms with Crippen molar-refractivity contribution in [2.75, 3.05) is 0 Å². The molecular formula is C17H27N. The number of benzene rings is 1. The van der Waals surface area contributed by atoms with Crippen molar-refractivity contribution in [3.8, 4) is 0 Å². The van der Waals surface area contributed by atoms with Crippen LogP contribution in [0.3, 0.4) is 0 Å². The van der Waals surface area contributed by atoms with E-state index in [2.05, 4.69) is 45.1 Å². The Morgan fingerprint density at radius 3 is 2.22 bits per heavy atom. The van der Waals surface area contributed by atoms with Gasteiger partial charge >= 0.3 is 0 Å². The van der Waals surface area contributed by atoms with Crippen LogP contribution in [0.2, 0.25) is 0 Å². The van der Waals surface area contributed by atoms with Gasteiger partial charge in [0, 0.05) is 12.1 Å². The van der Waals surface area contributed by atoms with Crippen molar-refractivity contribution >= 4 is 0 Å². The molecule has 1 fully saturated rings. The summed E-state index contributed by atoms with van der Waals surface area (Å²) < 4.78 is 0. The van der Waals surface area contributed by atoms with E-state index >= 15 is 0 Å². The molecule has 2 rings (SSSR count). The van der Waals surface area contributed by atoms with Crippen molar-refractivity contribution in [3.63, 3.8) is 0 Å². The molecule has 0 radical (unpaired) electrons. The molecule has 0 bridgehead atoms. The first-order chi connectivity index (χ1) is 8.58. The van der Waals surface area contributed by atoms with Crippen LogP contribution in [0.25, 0.3) is 0 Å². The third-order valence-electron chi connectivity index (χ3n) is 4.44. The Bertz CT molecular complexity index is 402. The van der Waals surface area contributed by atoms with E-state index < -0.39 is 0 Å². The van der Waals surface area contributed by atoms with Gasteiger partial charge in [-0.25, -0.2) is 0 Å². The fourth-order valence-electron chi connectivity index (χ4n) is 3.16. The van der Waals surface area contributed by atoms with E-state index in [1.165, 1.54) is 54.4 Å². The number of hydrogen-bond acceptors (Lipinski definition) is 1. The monoisotopic (exact) mass is 245 g/mol. The van der Waals surface area contributed by atoms with Crippen LogP contribution in [0.15, 0.2) is 12.1 Å². The van der Waals surface area contributed by atoms with Crippen LogP contribution in [0.5, 0.6) is 0 Å². The van der Waals surface area contributed by atoms with E-state index in [9.17, 15) is 0 Å². The summed E-state index contributed by atoms with van der Waals surface area (Å²) in [6, 6.07) is 5.90. The van der Waals surface area contributed by atoms with Crippen LogP contribution in [-0.2, 0) is 0 Å². The van der Waals surface area contributed by atoms with Gasteiger partial charge in [0.1, 0.15) is 0 Å². The first kappa shape index (κ1) is 13.6. The Hall–Kier alpha value is -0.820. The van der Waals surface area contributed by atoms with Gasteiger partial charge in [0.15, 0.2) is 0 Å². The SMILES string of the molecule is Cc1cc(C)c(C(C)NC2CCCCC2)cc1C. The van der Waals surface area contributed by atoms with Crippen molar-refractivity contribution in [1.82, 2.24) is 5.32 Å². The molecule has 1 aliphatic carbocycles. The van der Waals surface area contributed by atoms with Gasteiger partial charge in [0.2, 0.25) is 0 Å². The number of rotatable bonds is 3. The first-order valence-corrected chi connectivity index (χ1v) is 7.41. The average Bonchev–Trinajstić information content (AvgIpc) is 2.35. The third-order valence-corrected chi connectivity index (χ3v) is 4.44. The smallest absolute Gasteiger partial charge is 0.0297 e. The molecule has 0 saturated heterocycles. The van der Waals surface area contributed by atoms with Gasteiger partial charge < -0.3 is 5.32 Å². The number of nitrogens with one attached hydrogen (secondary N) is 1. The largest absolute Gasteiger partial charge is 0.307 e. The summed E-state index contributed by atoms with van der Waals surface area (Å²) in [5, 5.41) is 3.82. The van der Waals surface area contributed by atoms with Crippen LogP contribution in [0.4, 0.5) is 0 Å². The lowest BCUT2D eigenvalue weighted by Crippen LogP contribution is -2.33. The van der Waals surface area contributed by atoms with Crippen molar-refractivity contribution in [1.29, 1.82) is 0 Å². The highest BCUT2D eigenvalue weighted by molar-refractivity contribution is 5.38. The summed E-state index contributed by atoms with van der Waals surface area (Å²) >= 11 is 0. The van der Waals surface area contributed by atoms with Crippen LogP contribution in [0, 0.1) is 20.8 Å². The Kier molecular flexibility index (Phi) is 4.45. The minimum absolute atomic E-state index is 0.479. The zero-order chi connectivity index (χ0) is 13.1. The maximum atomic E-state index is 3.82. The zero-order valence-corrected chi connectivity index (χ0v) is 12.3. The molecule has 0 spiro atoms. The van der Waals surface area contributed by atoms with Gasteiger partial charge in [0.05, 0.1) is 0 Å². The molecule has 1 aromatic carbocycles. The minimum atomic E-state index is 0.479.